The highest BCUT2D eigenvalue weighted by atomic mass is 19.3. The average Bonchev–Trinajstić information content (AvgIpc) is 2.79. The molecule has 3 aromatic rings. The molecule has 0 bridgehead atoms. The Morgan fingerprint density at radius 3 is 1.92 bits per heavy atom. The molecule has 0 spiro atoms. The van der Waals surface area contributed by atoms with Crippen molar-refractivity contribution in [2.75, 3.05) is 0 Å². The van der Waals surface area contributed by atoms with Crippen LogP contribution in [0.4, 0.5) is 30.7 Å². The maximum Gasteiger partial charge on any atom is 0.429 e. The molecule has 0 saturated carbocycles. The second kappa shape index (κ2) is 10.9. The highest BCUT2D eigenvalue weighted by molar-refractivity contribution is 5.39. The molecule has 0 N–H and O–H groups in total. The Labute approximate surface area is 202 Å². The van der Waals surface area contributed by atoms with Gasteiger partial charge in [-0.05, 0) is 54.8 Å². The lowest BCUT2D eigenvalue weighted by Gasteiger charge is -2.21. The van der Waals surface area contributed by atoms with E-state index in [4.69, 9.17) is 5.26 Å². The van der Waals surface area contributed by atoms with E-state index in [2.05, 4.69) is 9.47 Å². The van der Waals surface area contributed by atoms with E-state index in [1.165, 1.54) is 12.1 Å². The number of halogens is 7. The van der Waals surface area contributed by atoms with Crippen LogP contribution in [0.1, 0.15) is 48.4 Å². The molecule has 0 aliphatic heterocycles. The summed E-state index contributed by atoms with van der Waals surface area (Å²) in [6.07, 6.45) is -5.01. The summed E-state index contributed by atoms with van der Waals surface area (Å²) in [5, 5.41) is 8.64. The summed E-state index contributed by atoms with van der Waals surface area (Å²) in [6.45, 7) is 2.00. The molecule has 0 aromatic heterocycles. The lowest BCUT2D eigenvalue weighted by molar-refractivity contribution is -0.188. The molecule has 0 radical (unpaired) electrons. The molecule has 0 saturated heterocycles. The monoisotopic (exact) mass is 511 g/mol. The molecule has 0 heterocycles. The van der Waals surface area contributed by atoms with Crippen LogP contribution in [0.15, 0.2) is 54.6 Å². The van der Waals surface area contributed by atoms with Gasteiger partial charge in [-0.2, -0.15) is 22.8 Å². The lowest BCUT2D eigenvalue weighted by Crippen LogP contribution is -2.24. The minimum absolute atomic E-state index is 0.414. The van der Waals surface area contributed by atoms with Gasteiger partial charge >= 0.3 is 12.2 Å². The number of hydrogen-bond donors (Lipinski definition) is 0. The number of nitriles is 1. The molecule has 0 aliphatic carbocycles. The fourth-order valence-electron chi connectivity index (χ4n) is 3.37. The fourth-order valence-corrected chi connectivity index (χ4v) is 3.37. The molecule has 0 fully saturated rings. The normalized spacial score (nSPS) is 11.8. The van der Waals surface area contributed by atoms with E-state index in [0.29, 0.717) is 36.2 Å². The third-order valence-electron chi connectivity index (χ3n) is 5.23. The second-order valence-electron chi connectivity index (χ2n) is 7.91. The van der Waals surface area contributed by atoms with Gasteiger partial charge in [0.15, 0.2) is 0 Å². The molecule has 3 aromatic carbocycles. The zero-order valence-electron chi connectivity index (χ0n) is 18.9. The number of aryl methyl sites for hydroxylation is 1. The van der Waals surface area contributed by atoms with Gasteiger partial charge in [0.1, 0.15) is 40.6 Å². The zero-order chi connectivity index (χ0) is 26.5. The molecule has 3 rings (SSSR count). The van der Waals surface area contributed by atoms with Crippen molar-refractivity contribution in [3.05, 3.63) is 94.3 Å². The molecule has 10 heteroatoms. The highest BCUT2D eigenvalue weighted by Crippen LogP contribution is 2.37. The van der Waals surface area contributed by atoms with Crippen LogP contribution in [0.3, 0.4) is 0 Å². The summed E-state index contributed by atoms with van der Waals surface area (Å²) >= 11 is 0. The van der Waals surface area contributed by atoms with Gasteiger partial charge < -0.3 is 9.47 Å². The highest BCUT2D eigenvalue weighted by Gasteiger charge is 2.39. The van der Waals surface area contributed by atoms with Gasteiger partial charge in [0.25, 0.3) is 0 Å². The largest absolute Gasteiger partial charge is 0.429 e. The second-order valence-corrected chi connectivity index (χ2v) is 7.91. The van der Waals surface area contributed by atoms with Crippen molar-refractivity contribution in [1.82, 2.24) is 0 Å². The fraction of sp³-hybridized carbons (Fsp3) is 0.269. The minimum atomic E-state index is -4.12. The molecule has 0 amide bonds. The van der Waals surface area contributed by atoms with E-state index < -0.39 is 57.9 Å². The Balaban J connectivity index is 1.73. The van der Waals surface area contributed by atoms with Crippen LogP contribution in [0.2, 0.25) is 0 Å². The number of hydrogen-bond acceptors (Lipinski definition) is 3. The molecule has 190 valence electrons. The lowest BCUT2D eigenvalue weighted by atomic mass is 10.0. The van der Waals surface area contributed by atoms with Crippen molar-refractivity contribution in [1.29, 1.82) is 5.26 Å². The minimum Gasteiger partial charge on any atom is -0.429 e. The van der Waals surface area contributed by atoms with Gasteiger partial charge in [0.05, 0.1) is 11.1 Å². The van der Waals surface area contributed by atoms with Crippen molar-refractivity contribution in [2.24, 2.45) is 0 Å². The van der Waals surface area contributed by atoms with Crippen LogP contribution in [-0.2, 0) is 18.6 Å². The van der Waals surface area contributed by atoms with Crippen LogP contribution in [0.25, 0.3) is 0 Å². The summed E-state index contributed by atoms with van der Waals surface area (Å²) in [6, 6.07) is 8.37. The first-order valence-corrected chi connectivity index (χ1v) is 10.9. The predicted octanol–water partition coefficient (Wildman–Crippen LogP) is 7.96. The first kappa shape index (κ1) is 26.9. The third kappa shape index (κ3) is 6.27. The summed E-state index contributed by atoms with van der Waals surface area (Å²) in [7, 11) is 0. The smallest absolute Gasteiger partial charge is 0.429 e. The van der Waals surface area contributed by atoms with Crippen LogP contribution < -0.4 is 9.47 Å². The standard InChI is InChI=1S/C26H20F7NO2/c1-2-3-4-5-16-6-11-21(24(29)12-16)26(32,33)35-18-9-7-17(8-10-18)25(30,31)36-19-13-22(27)20(15-34)23(28)14-19/h6-14H,2-5H2,1H3. The third-order valence-corrected chi connectivity index (χ3v) is 5.23. The van der Waals surface area contributed by atoms with Crippen molar-refractivity contribution in [2.45, 2.75) is 44.8 Å². The number of nitrogens with zero attached hydrogens (tertiary/aromatic N) is 1. The molecule has 3 nitrogen and oxygen atoms in total. The number of alkyl halides is 4. The average molecular weight is 511 g/mol. The van der Waals surface area contributed by atoms with E-state index in [1.54, 1.807) is 0 Å². The van der Waals surface area contributed by atoms with E-state index in [0.717, 1.165) is 43.5 Å². The van der Waals surface area contributed by atoms with E-state index in [-0.39, 0.29) is 0 Å². The molecule has 0 unspecified atom stereocenters. The van der Waals surface area contributed by atoms with Crippen LogP contribution in [0, 0.1) is 28.8 Å². The molecule has 0 atom stereocenters. The van der Waals surface area contributed by atoms with Gasteiger partial charge in [-0.1, -0.05) is 25.8 Å². The van der Waals surface area contributed by atoms with Gasteiger partial charge in [0.2, 0.25) is 0 Å². The summed E-state index contributed by atoms with van der Waals surface area (Å²) in [5.74, 6) is -5.38. The Morgan fingerprint density at radius 2 is 1.36 bits per heavy atom. The predicted molar refractivity (Wildman–Crippen MR) is 116 cm³/mol. The maximum absolute atomic E-state index is 14.6. The van der Waals surface area contributed by atoms with Crippen molar-refractivity contribution < 1.29 is 40.2 Å². The van der Waals surface area contributed by atoms with Crippen LogP contribution in [-0.4, -0.2) is 0 Å². The molecular weight excluding hydrogens is 491 g/mol. The molecular formula is C26H20F7NO2. The first-order valence-electron chi connectivity index (χ1n) is 10.9. The van der Waals surface area contributed by atoms with Crippen molar-refractivity contribution >= 4 is 0 Å². The van der Waals surface area contributed by atoms with E-state index in [9.17, 15) is 30.7 Å². The summed E-state index contributed by atoms with van der Waals surface area (Å²) in [4.78, 5) is 0. The molecule has 36 heavy (non-hydrogen) atoms. The maximum atomic E-state index is 14.6. The quantitative estimate of drug-likeness (QED) is 0.205. The SMILES string of the molecule is CCCCCc1ccc(C(F)(F)Oc2ccc(C(F)(F)Oc3cc(F)c(C#N)c(F)c3)cc2)c(F)c1. The Morgan fingerprint density at radius 1 is 0.750 bits per heavy atom. The van der Waals surface area contributed by atoms with Gasteiger partial charge in [-0.3, -0.25) is 0 Å². The molecule has 0 aliphatic rings. The van der Waals surface area contributed by atoms with Crippen molar-refractivity contribution in [3.8, 4) is 17.6 Å². The van der Waals surface area contributed by atoms with Crippen LogP contribution in [0.5, 0.6) is 11.5 Å². The van der Waals surface area contributed by atoms with Crippen LogP contribution >= 0.6 is 0 Å². The number of unbranched alkanes of at least 4 members (excludes halogenated alkanes) is 2. The Bertz CT molecular complexity index is 1230. The summed E-state index contributed by atoms with van der Waals surface area (Å²) in [5.41, 5.74) is -2.25. The van der Waals surface area contributed by atoms with E-state index in [1.807, 2.05) is 6.92 Å². The zero-order valence-corrected chi connectivity index (χ0v) is 18.9. The number of benzene rings is 3. The topological polar surface area (TPSA) is 42.2 Å². The van der Waals surface area contributed by atoms with E-state index >= 15 is 0 Å². The van der Waals surface area contributed by atoms with Gasteiger partial charge in [-0.25, -0.2) is 13.2 Å². The Kier molecular flexibility index (Phi) is 8.13. The number of rotatable bonds is 10. The number of ether oxygens (including phenoxy) is 2. The van der Waals surface area contributed by atoms with Gasteiger partial charge in [-0.15, -0.1) is 0 Å². The van der Waals surface area contributed by atoms with Gasteiger partial charge in [0, 0.05) is 12.1 Å². The van der Waals surface area contributed by atoms with Crippen molar-refractivity contribution in [3.63, 3.8) is 0 Å². The summed E-state index contributed by atoms with van der Waals surface area (Å²) < 4.78 is 109. The first-order chi connectivity index (χ1) is 17.0. The Hall–Kier alpha value is -3.74.